The summed E-state index contributed by atoms with van der Waals surface area (Å²) in [6.45, 7) is 0. The smallest absolute Gasteiger partial charge is 0.0489 e. The van der Waals surface area contributed by atoms with Crippen molar-refractivity contribution in [2.24, 2.45) is 0 Å². The number of halogens is 1. The molecule has 3 aromatic rings. The van der Waals surface area contributed by atoms with E-state index in [0.717, 1.165) is 5.02 Å². The van der Waals surface area contributed by atoms with Crippen LogP contribution in [-0.2, 0) is 19.5 Å². The van der Waals surface area contributed by atoms with Crippen LogP contribution < -0.4 is 15.9 Å². The molecule has 3 aromatic carbocycles. The quantitative estimate of drug-likeness (QED) is 0.460. The molecule has 0 unspecified atom stereocenters. The van der Waals surface area contributed by atoms with E-state index in [4.69, 9.17) is 11.6 Å². The standard InChI is InChI=1S/C18H14ClP.Rh/c19-17-13-7-8-14-18(17)20(15-9-3-1-4-10-15)16-11-5-2-6-12-16;/h1-14H;. The van der Waals surface area contributed by atoms with E-state index in [-0.39, 0.29) is 19.5 Å². The Morgan fingerprint density at radius 1 is 0.571 bits per heavy atom. The average molecular weight is 400 g/mol. The third kappa shape index (κ3) is 3.80. The van der Waals surface area contributed by atoms with Gasteiger partial charge in [0.25, 0.3) is 0 Å². The van der Waals surface area contributed by atoms with Gasteiger partial charge in [0.05, 0.1) is 0 Å². The molecule has 0 heterocycles. The van der Waals surface area contributed by atoms with Gasteiger partial charge in [0.2, 0.25) is 0 Å². The molecule has 0 aromatic heterocycles. The van der Waals surface area contributed by atoms with Gasteiger partial charge in [0.15, 0.2) is 0 Å². The van der Waals surface area contributed by atoms with Crippen molar-refractivity contribution < 1.29 is 19.5 Å². The summed E-state index contributed by atoms with van der Waals surface area (Å²) < 4.78 is 0. The Hall–Kier alpha value is -0.997. The van der Waals surface area contributed by atoms with E-state index < -0.39 is 7.92 Å². The van der Waals surface area contributed by atoms with Gasteiger partial charge in [0.1, 0.15) is 0 Å². The molecule has 0 N–H and O–H groups in total. The fourth-order valence-corrected chi connectivity index (χ4v) is 4.92. The normalized spacial score (nSPS) is 10.2. The van der Waals surface area contributed by atoms with Crippen LogP contribution in [0, 0.1) is 0 Å². The molecule has 0 aliphatic rings. The zero-order valence-electron chi connectivity index (χ0n) is 11.2. The summed E-state index contributed by atoms with van der Waals surface area (Å²) in [5.41, 5.74) is 0. The van der Waals surface area contributed by atoms with E-state index in [2.05, 4.69) is 72.8 Å². The second-order valence-electron chi connectivity index (χ2n) is 4.46. The predicted molar refractivity (Wildman–Crippen MR) is 90.2 cm³/mol. The summed E-state index contributed by atoms with van der Waals surface area (Å²) >= 11 is 6.43. The van der Waals surface area contributed by atoms with Crippen molar-refractivity contribution in [3.05, 3.63) is 90.0 Å². The van der Waals surface area contributed by atoms with Gasteiger partial charge in [-0.3, -0.25) is 0 Å². The Kier molecular flexibility index (Phi) is 6.12. The van der Waals surface area contributed by atoms with Gasteiger partial charge >= 0.3 is 0 Å². The van der Waals surface area contributed by atoms with Crippen molar-refractivity contribution >= 4 is 35.4 Å². The van der Waals surface area contributed by atoms with Crippen LogP contribution in [0.4, 0.5) is 0 Å². The SMILES string of the molecule is Clc1ccccc1P(c1ccccc1)c1ccccc1.[Rh]. The molecule has 0 aliphatic heterocycles. The van der Waals surface area contributed by atoms with Gasteiger partial charge in [0, 0.05) is 29.8 Å². The Morgan fingerprint density at radius 3 is 1.48 bits per heavy atom. The first kappa shape index (κ1) is 16.4. The monoisotopic (exact) mass is 399 g/mol. The van der Waals surface area contributed by atoms with Crippen LogP contribution in [0.15, 0.2) is 84.9 Å². The van der Waals surface area contributed by atoms with Crippen LogP contribution in [0.1, 0.15) is 0 Å². The summed E-state index contributed by atoms with van der Waals surface area (Å²) in [5.74, 6) is 0. The first-order valence-corrected chi connectivity index (χ1v) is 8.23. The van der Waals surface area contributed by atoms with E-state index >= 15 is 0 Å². The van der Waals surface area contributed by atoms with Crippen LogP contribution in [0.5, 0.6) is 0 Å². The maximum absolute atomic E-state index is 6.43. The Balaban J connectivity index is 0.00000161. The second-order valence-corrected chi connectivity index (χ2v) is 7.05. The Bertz CT molecular complexity index is 646. The third-order valence-corrected chi connectivity index (χ3v) is 6.08. The molecule has 3 rings (SSSR count). The van der Waals surface area contributed by atoms with Crippen molar-refractivity contribution in [1.29, 1.82) is 0 Å². The van der Waals surface area contributed by atoms with Gasteiger partial charge in [-0.05, 0) is 24.6 Å². The fourth-order valence-electron chi connectivity index (χ4n) is 2.21. The molecule has 3 heteroatoms. The molecule has 21 heavy (non-hydrogen) atoms. The number of benzene rings is 3. The topological polar surface area (TPSA) is 0 Å². The minimum Gasteiger partial charge on any atom is -0.0836 e. The van der Waals surface area contributed by atoms with Gasteiger partial charge in [-0.1, -0.05) is 90.5 Å². The van der Waals surface area contributed by atoms with Gasteiger partial charge < -0.3 is 0 Å². The first-order chi connectivity index (χ1) is 9.86. The van der Waals surface area contributed by atoms with Gasteiger partial charge in [-0.15, -0.1) is 0 Å². The van der Waals surface area contributed by atoms with Crippen LogP contribution in [0.3, 0.4) is 0 Å². The van der Waals surface area contributed by atoms with Crippen molar-refractivity contribution in [2.45, 2.75) is 0 Å². The molecule has 0 aliphatic carbocycles. The van der Waals surface area contributed by atoms with E-state index in [1.165, 1.54) is 15.9 Å². The van der Waals surface area contributed by atoms with Crippen molar-refractivity contribution in [2.75, 3.05) is 0 Å². The molecule has 0 saturated carbocycles. The molecular formula is C18H14ClPRh. The summed E-state index contributed by atoms with van der Waals surface area (Å²) in [5, 5.41) is 4.69. The maximum Gasteiger partial charge on any atom is 0.0489 e. The average Bonchev–Trinajstić information content (AvgIpc) is 2.52. The molecule has 0 nitrogen and oxygen atoms in total. The molecule has 0 saturated heterocycles. The molecule has 0 atom stereocenters. The molecule has 0 spiro atoms. The van der Waals surface area contributed by atoms with E-state index in [1.54, 1.807) is 0 Å². The Morgan fingerprint density at radius 2 is 1.00 bits per heavy atom. The number of hydrogen-bond acceptors (Lipinski definition) is 0. The van der Waals surface area contributed by atoms with Crippen LogP contribution in [-0.4, -0.2) is 0 Å². The van der Waals surface area contributed by atoms with Gasteiger partial charge in [-0.2, -0.15) is 0 Å². The number of hydrogen-bond donors (Lipinski definition) is 0. The first-order valence-electron chi connectivity index (χ1n) is 6.51. The molecule has 107 valence electrons. The molecule has 1 radical (unpaired) electrons. The Labute approximate surface area is 144 Å². The third-order valence-electron chi connectivity index (χ3n) is 3.12. The zero-order valence-corrected chi connectivity index (χ0v) is 14.5. The van der Waals surface area contributed by atoms with Crippen molar-refractivity contribution in [1.82, 2.24) is 0 Å². The summed E-state index contributed by atoms with van der Waals surface area (Å²) in [6.07, 6.45) is 0. The predicted octanol–water partition coefficient (Wildman–Crippen LogP) is 4.10. The van der Waals surface area contributed by atoms with Gasteiger partial charge in [-0.25, -0.2) is 0 Å². The van der Waals surface area contributed by atoms with Crippen LogP contribution in [0.25, 0.3) is 0 Å². The van der Waals surface area contributed by atoms with Crippen molar-refractivity contribution in [3.8, 4) is 0 Å². The molecule has 0 amide bonds. The maximum atomic E-state index is 6.43. The van der Waals surface area contributed by atoms with E-state index in [1.807, 2.05) is 12.1 Å². The summed E-state index contributed by atoms with van der Waals surface area (Å²) in [6, 6.07) is 29.3. The minimum absolute atomic E-state index is 0. The molecule has 0 bridgehead atoms. The van der Waals surface area contributed by atoms with Crippen LogP contribution in [0.2, 0.25) is 5.02 Å². The number of rotatable bonds is 3. The van der Waals surface area contributed by atoms with E-state index in [0.29, 0.717) is 0 Å². The van der Waals surface area contributed by atoms with Crippen molar-refractivity contribution in [3.63, 3.8) is 0 Å². The minimum atomic E-state index is -0.599. The van der Waals surface area contributed by atoms with Crippen LogP contribution >= 0.6 is 19.5 Å². The summed E-state index contributed by atoms with van der Waals surface area (Å²) in [4.78, 5) is 0. The molecular weight excluding hydrogens is 386 g/mol. The fraction of sp³-hybridized carbons (Fsp3) is 0. The second kappa shape index (κ2) is 7.85. The zero-order chi connectivity index (χ0) is 13.8. The van der Waals surface area contributed by atoms with E-state index in [9.17, 15) is 0 Å². The largest absolute Gasteiger partial charge is 0.0836 e. The molecule has 0 fully saturated rings. The summed E-state index contributed by atoms with van der Waals surface area (Å²) in [7, 11) is -0.599.